The van der Waals surface area contributed by atoms with Crippen LogP contribution in [-0.4, -0.2) is 40.8 Å². The molecule has 5 N–H and O–H groups in total. The Morgan fingerprint density at radius 3 is 1.97 bits per heavy atom. The maximum Gasteiger partial charge on any atom is 0.268 e. The Balaban J connectivity index is 0.00000512. The molecule has 0 heterocycles. The van der Waals surface area contributed by atoms with Crippen LogP contribution in [0.5, 0.6) is 0 Å². The molecule has 0 aliphatic heterocycles. The van der Waals surface area contributed by atoms with Gasteiger partial charge in [0, 0.05) is 23.2 Å². The quantitative estimate of drug-likeness (QED) is 0.259. The maximum absolute atomic E-state index is 12.2. The predicted octanol–water partition coefficient (Wildman–Crippen LogP) is 1.82. The summed E-state index contributed by atoms with van der Waals surface area (Å²) in [5, 5.41) is 23.9. The fourth-order valence-corrected chi connectivity index (χ4v) is 2.59. The zero-order valence-electron chi connectivity index (χ0n) is 17.4. The topological polar surface area (TPSA) is 111 Å². The molecule has 32 heavy (non-hydrogen) atoms. The Morgan fingerprint density at radius 2 is 1.50 bits per heavy atom. The number of nitrogens with one attached hydrogen (secondary N) is 3. The number of amides is 2. The molecule has 7 heteroatoms. The number of aliphatic hydroxyl groups excluding tert-OH is 1. The van der Waals surface area contributed by atoms with Crippen molar-refractivity contribution in [3.63, 3.8) is 0 Å². The van der Waals surface area contributed by atoms with Crippen molar-refractivity contribution >= 4 is 11.8 Å². The van der Waals surface area contributed by atoms with Gasteiger partial charge in [-0.15, -0.1) is 0 Å². The van der Waals surface area contributed by atoms with Crippen LogP contribution < -0.4 is 16.1 Å². The molecule has 0 spiro atoms. The number of hydrogen-bond donors (Lipinski definition) is 5. The number of aliphatic hydroxyl groups is 1. The SMILES string of the molecule is C.CCNCc1ccc(C#CC#Cc2ccc(C(=O)N[C@H](C(=O)NO)[C@@H](C)O)cc2)cc1. The zero-order chi connectivity index (χ0) is 22.6. The van der Waals surface area contributed by atoms with Crippen LogP contribution in [0.15, 0.2) is 48.5 Å². The molecular weight excluding hydrogens is 406 g/mol. The van der Waals surface area contributed by atoms with Gasteiger partial charge in [-0.05, 0) is 67.3 Å². The summed E-state index contributed by atoms with van der Waals surface area (Å²) in [5.41, 5.74) is 4.44. The monoisotopic (exact) mass is 435 g/mol. The first-order chi connectivity index (χ1) is 14.9. The van der Waals surface area contributed by atoms with Crippen LogP contribution in [-0.2, 0) is 11.3 Å². The van der Waals surface area contributed by atoms with Gasteiger partial charge in [-0.25, -0.2) is 5.48 Å². The van der Waals surface area contributed by atoms with E-state index in [-0.39, 0.29) is 13.0 Å². The van der Waals surface area contributed by atoms with Crippen LogP contribution in [0.1, 0.15) is 48.3 Å². The van der Waals surface area contributed by atoms with Crippen LogP contribution in [0.4, 0.5) is 0 Å². The van der Waals surface area contributed by atoms with Crippen molar-refractivity contribution in [2.75, 3.05) is 6.54 Å². The molecule has 7 nitrogen and oxygen atoms in total. The van der Waals surface area contributed by atoms with Crippen molar-refractivity contribution in [3.8, 4) is 23.7 Å². The first-order valence-electron chi connectivity index (χ1n) is 9.79. The molecule has 2 atom stereocenters. The Labute approximate surface area is 189 Å². The molecule has 168 valence electrons. The predicted molar refractivity (Wildman–Crippen MR) is 124 cm³/mol. The zero-order valence-corrected chi connectivity index (χ0v) is 17.4. The molecule has 0 saturated carbocycles. The van der Waals surface area contributed by atoms with Gasteiger partial charge >= 0.3 is 0 Å². The molecule has 0 saturated heterocycles. The second-order valence-electron chi connectivity index (χ2n) is 6.72. The van der Waals surface area contributed by atoms with Gasteiger partial charge in [-0.1, -0.05) is 38.3 Å². The second kappa shape index (κ2) is 13.6. The standard InChI is InChI=1S/C24H25N3O4.CH4/c1-3-25-16-20-10-8-18(9-11-20)6-4-5-7-19-12-14-21(15-13-19)23(29)26-22(17(2)28)24(30)27-31;/h8-15,17,22,25,28,31H,3,16H2,1-2H3,(H,26,29)(H,27,30);1H4/t17-,22+;/m1./s1. The third kappa shape index (κ3) is 8.25. The van der Waals surface area contributed by atoms with Gasteiger partial charge < -0.3 is 15.7 Å². The highest BCUT2D eigenvalue weighted by Crippen LogP contribution is 2.05. The molecule has 0 unspecified atom stereocenters. The molecule has 2 aromatic carbocycles. The Hall–Kier alpha value is -3.62. The summed E-state index contributed by atoms with van der Waals surface area (Å²) in [6.07, 6.45) is -1.18. The van der Waals surface area contributed by atoms with Crippen molar-refractivity contribution in [1.82, 2.24) is 16.1 Å². The number of benzene rings is 2. The lowest BCUT2D eigenvalue weighted by atomic mass is 10.1. The minimum Gasteiger partial charge on any atom is -0.391 e. The molecule has 2 aromatic rings. The fraction of sp³-hybridized carbons (Fsp3) is 0.280. The van der Waals surface area contributed by atoms with Crippen molar-refractivity contribution in [2.45, 2.75) is 40.0 Å². The summed E-state index contributed by atoms with van der Waals surface area (Å²) < 4.78 is 0. The lowest BCUT2D eigenvalue weighted by molar-refractivity contribution is -0.133. The number of carbonyl (C=O) groups excluding carboxylic acids is 2. The highest BCUT2D eigenvalue weighted by atomic mass is 16.5. The van der Waals surface area contributed by atoms with Crippen LogP contribution in [0, 0.1) is 23.7 Å². The highest BCUT2D eigenvalue weighted by molar-refractivity contribution is 5.97. The van der Waals surface area contributed by atoms with Crippen LogP contribution in [0.25, 0.3) is 0 Å². The lowest BCUT2D eigenvalue weighted by Crippen LogP contribution is -2.51. The van der Waals surface area contributed by atoms with Crippen molar-refractivity contribution in [2.24, 2.45) is 0 Å². The first-order valence-corrected chi connectivity index (χ1v) is 9.79. The summed E-state index contributed by atoms with van der Waals surface area (Å²) in [6, 6.07) is 13.1. The molecule has 0 aliphatic carbocycles. The molecule has 2 rings (SSSR count). The van der Waals surface area contributed by atoms with Crippen LogP contribution in [0.3, 0.4) is 0 Å². The molecule has 0 bridgehead atoms. The van der Waals surface area contributed by atoms with Crippen molar-refractivity contribution in [1.29, 1.82) is 0 Å². The van der Waals surface area contributed by atoms with Gasteiger partial charge in [-0.2, -0.15) is 0 Å². The number of hydrogen-bond acceptors (Lipinski definition) is 5. The van der Waals surface area contributed by atoms with E-state index >= 15 is 0 Å². The molecule has 0 aliphatic rings. The highest BCUT2D eigenvalue weighted by Gasteiger charge is 2.25. The van der Waals surface area contributed by atoms with E-state index in [1.54, 1.807) is 24.3 Å². The van der Waals surface area contributed by atoms with E-state index in [9.17, 15) is 14.7 Å². The van der Waals surface area contributed by atoms with Crippen molar-refractivity contribution < 1.29 is 19.9 Å². The van der Waals surface area contributed by atoms with E-state index in [0.29, 0.717) is 5.56 Å². The summed E-state index contributed by atoms with van der Waals surface area (Å²) in [6.45, 7) is 5.14. The fourth-order valence-electron chi connectivity index (χ4n) is 2.59. The lowest BCUT2D eigenvalue weighted by Gasteiger charge is -2.19. The molecular formula is C25H29N3O4. The molecule has 0 fully saturated rings. The van der Waals surface area contributed by atoms with E-state index in [2.05, 4.69) is 41.2 Å². The number of carbonyl (C=O) groups is 2. The second-order valence-corrected chi connectivity index (χ2v) is 6.72. The van der Waals surface area contributed by atoms with Gasteiger partial charge in [0.1, 0.15) is 6.04 Å². The third-order valence-electron chi connectivity index (χ3n) is 4.32. The van der Waals surface area contributed by atoms with E-state index in [1.165, 1.54) is 18.0 Å². The normalized spacial score (nSPS) is 11.4. The van der Waals surface area contributed by atoms with Crippen molar-refractivity contribution in [3.05, 3.63) is 70.8 Å². The average molecular weight is 436 g/mol. The van der Waals surface area contributed by atoms with E-state index in [1.807, 2.05) is 24.3 Å². The van der Waals surface area contributed by atoms with Gasteiger partial charge in [-0.3, -0.25) is 14.8 Å². The maximum atomic E-state index is 12.2. The van der Waals surface area contributed by atoms with E-state index in [0.717, 1.165) is 18.7 Å². The minimum absolute atomic E-state index is 0. The Morgan fingerprint density at radius 1 is 0.969 bits per heavy atom. The third-order valence-corrected chi connectivity index (χ3v) is 4.32. The Bertz CT molecular complexity index is 1010. The van der Waals surface area contributed by atoms with Gasteiger partial charge in [0.25, 0.3) is 11.8 Å². The van der Waals surface area contributed by atoms with Gasteiger partial charge in [0.2, 0.25) is 0 Å². The molecule has 2 amide bonds. The van der Waals surface area contributed by atoms with E-state index in [4.69, 9.17) is 5.21 Å². The molecule has 0 aromatic heterocycles. The van der Waals surface area contributed by atoms with Crippen LogP contribution in [0.2, 0.25) is 0 Å². The van der Waals surface area contributed by atoms with E-state index < -0.39 is 24.0 Å². The minimum atomic E-state index is -1.27. The average Bonchev–Trinajstić information content (AvgIpc) is 2.79. The summed E-state index contributed by atoms with van der Waals surface area (Å²) >= 11 is 0. The van der Waals surface area contributed by atoms with Crippen LogP contribution >= 0.6 is 0 Å². The number of hydroxylamine groups is 1. The summed E-state index contributed by atoms with van der Waals surface area (Å²) in [4.78, 5) is 23.8. The molecule has 0 radical (unpaired) electrons. The Kier molecular flexibility index (Phi) is 11.3. The van der Waals surface area contributed by atoms with Gasteiger partial charge in [0.15, 0.2) is 0 Å². The largest absolute Gasteiger partial charge is 0.391 e. The smallest absolute Gasteiger partial charge is 0.268 e. The first kappa shape index (κ1) is 26.4. The van der Waals surface area contributed by atoms with Gasteiger partial charge in [0.05, 0.1) is 6.10 Å². The summed E-state index contributed by atoms with van der Waals surface area (Å²) in [5.74, 6) is 10.0. The summed E-state index contributed by atoms with van der Waals surface area (Å²) in [7, 11) is 0. The number of rotatable bonds is 7.